The van der Waals surface area contributed by atoms with Gasteiger partial charge in [0.15, 0.2) is 0 Å². The quantitative estimate of drug-likeness (QED) is 0.579. The largest absolute Gasteiger partial charge is 0.469 e. The van der Waals surface area contributed by atoms with Crippen LogP contribution in [0.3, 0.4) is 0 Å². The van der Waals surface area contributed by atoms with Gasteiger partial charge in [-0.1, -0.05) is 12.2 Å². The van der Waals surface area contributed by atoms with Crippen LogP contribution in [0.25, 0.3) is 6.08 Å². The van der Waals surface area contributed by atoms with Gasteiger partial charge in [-0.05, 0) is 18.2 Å². The Hall–Kier alpha value is -1.97. The first-order chi connectivity index (χ1) is 7.67. The van der Waals surface area contributed by atoms with Gasteiger partial charge in [0, 0.05) is 11.1 Å². The number of methoxy groups -OCH3 is 1. The van der Waals surface area contributed by atoms with Gasteiger partial charge < -0.3 is 4.74 Å². The summed E-state index contributed by atoms with van der Waals surface area (Å²) in [5.41, 5.74) is 0.660. The second-order valence-electron chi connectivity index (χ2n) is 3.08. The van der Waals surface area contributed by atoms with E-state index in [1.54, 1.807) is 0 Å². The molecule has 0 N–H and O–H groups in total. The second-order valence-corrected chi connectivity index (χ2v) is 3.08. The van der Waals surface area contributed by atoms with E-state index in [0.29, 0.717) is 11.8 Å². The number of esters is 1. The Balaban J connectivity index is 2.79. The van der Waals surface area contributed by atoms with Gasteiger partial charge in [0.05, 0.1) is 13.5 Å². The van der Waals surface area contributed by atoms with Crippen molar-refractivity contribution in [1.29, 1.82) is 0 Å². The molecule has 0 saturated carbocycles. The Labute approximate surface area is 92.5 Å². The smallest absolute Gasteiger partial charge is 0.309 e. The predicted octanol–water partition coefficient (Wildman–Crippen LogP) is 2.21. The lowest BCUT2D eigenvalue weighted by atomic mass is 10.1. The van der Waals surface area contributed by atoms with E-state index in [-0.39, 0.29) is 12.0 Å². The van der Waals surface area contributed by atoms with Crippen LogP contribution in [0.5, 0.6) is 0 Å². The van der Waals surface area contributed by atoms with Crippen molar-refractivity contribution in [3.8, 4) is 0 Å². The summed E-state index contributed by atoms with van der Waals surface area (Å²) >= 11 is 0. The third kappa shape index (κ3) is 3.31. The highest BCUT2D eigenvalue weighted by Crippen LogP contribution is 2.11. The van der Waals surface area contributed by atoms with Crippen molar-refractivity contribution in [2.75, 3.05) is 7.11 Å². The number of halogens is 1. The molecule has 0 atom stereocenters. The van der Waals surface area contributed by atoms with Crippen molar-refractivity contribution in [3.05, 3.63) is 41.2 Å². The predicted molar refractivity (Wildman–Crippen MR) is 57.5 cm³/mol. The third-order valence-electron chi connectivity index (χ3n) is 1.97. The minimum Gasteiger partial charge on any atom is -0.469 e. The highest BCUT2D eigenvalue weighted by Gasteiger charge is 2.00. The van der Waals surface area contributed by atoms with E-state index in [1.807, 2.05) is 0 Å². The molecule has 1 aromatic carbocycles. The Morgan fingerprint density at radius 2 is 2.25 bits per heavy atom. The number of carbonyl (C=O) groups is 2. The summed E-state index contributed by atoms with van der Waals surface area (Å²) in [4.78, 5) is 21.3. The number of hydrogen-bond donors (Lipinski definition) is 0. The van der Waals surface area contributed by atoms with Gasteiger partial charge in [-0.25, -0.2) is 4.39 Å². The Kier molecular flexibility index (Phi) is 4.39. The summed E-state index contributed by atoms with van der Waals surface area (Å²) in [5.74, 6) is -0.838. The van der Waals surface area contributed by atoms with Crippen LogP contribution in [0.2, 0.25) is 0 Å². The Bertz CT molecular complexity index is 424. The van der Waals surface area contributed by atoms with Gasteiger partial charge in [0.1, 0.15) is 12.1 Å². The number of hydrogen-bond acceptors (Lipinski definition) is 3. The zero-order valence-electron chi connectivity index (χ0n) is 8.77. The van der Waals surface area contributed by atoms with Crippen LogP contribution < -0.4 is 0 Å². The number of rotatable bonds is 4. The molecule has 0 aromatic heterocycles. The van der Waals surface area contributed by atoms with Gasteiger partial charge in [0.25, 0.3) is 0 Å². The van der Waals surface area contributed by atoms with Crippen LogP contribution >= 0.6 is 0 Å². The lowest BCUT2D eigenvalue weighted by Crippen LogP contribution is -1.96. The minimum atomic E-state index is -0.438. The summed E-state index contributed by atoms with van der Waals surface area (Å²) in [6.45, 7) is 0. The molecule has 0 aliphatic rings. The van der Waals surface area contributed by atoms with Crippen molar-refractivity contribution in [2.24, 2.45) is 0 Å². The van der Waals surface area contributed by atoms with E-state index in [2.05, 4.69) is 4.74 Å². The summed E-state index contributed by atoms with van der Waals surface area (Å²) < 4.78 is 17.7. The molecule has 0 radical (unpaired) electrons. The zero-order chi connectivity index (χ0) is 12.0. The standard InChI is InChI=1S/C12H11FO3/c1-16-12(15)4-2-3-10-7-9(8-14)5-6-11(10)13/h2-3,5-8H,4H2,1H3. The van der Waals surface area contributed by atoms with Crippen LogP contribution in [-0.2, 0) is 9.53 Å². The van der Waals surface area contributed by atoms with Gasteiger partial charge in [-0.3, -0.25) is 9.59 Å². The number of ether oxygens (including phenoxy) is 1. The molecule has 3 nitrogen and oxygen atoms in total. The first kappa shape index (κ1) is 12.1. The summed E-state index contributed by atoms with van der Waals surface area (Å²) in [6, 6.07) is 4.01. The number of carbonyl (C=O) groups excluding carboxylic acids is 2. The van der Waals surface area contributed by atoms with Crippen molar-refractivity contribution >= 4 is 18.3 Å². The molecule has 16 heavy (non-hydrogen) atoms. The van der Waals surface area contributed by atoms with Gasteiger partial charge >= 0.3 is 5.97 Å². The van der Waals surface area contributed by atoms with Crippen LogP contribution in [-0.4, -0.2) is 19.4 Å². The fourth-order valence-corrected chi connectivity index (χ4v) is 1.13. The van der Waals surface area contributed by atoms with E-state index in [4.69, 9.17) is 0 Å². The average Bonchev–Trinajstić information content (AvgIpc) is 2.31. The molecule has 0 fully saturated rings. The van der Waals surface area contributed by atoms with E-state index >= 15 is 0 Å². The molecule has 0 unspecified atom stereocenters. The molecular weight excluding hydrogens is 211 g/mol. The minimum absolute atomic E-state index is 0.0707. The molecule has 1 aromatic rings. The fourth-order valence-electron chi connectivity index (χ4n) is 1.13. The molecule has 0 bridgehead atoms. The van der Waals surface area contributed by atoms with E-state index in [9.17, 15) is 14.0 Å². The molecule has 4 heteroatoms. The highest BCUT2D eigenvalue weighted by molar-refractivity contribution is 5.77. The summed E-state index contributed by atoms with van der Waals surface area (Å²) in [5, 5.41) is 0. The zero-order valence-corrected chi connectivity index (χ0v) is 8.77. The second kappa shape index (κ2) is 5.80. The molecule has 0 aliphatic heterocycles. The normalized spacial score (nSPS) is 10.4. The number of aldehydes is 1. The Morgan fingerprint density at radius 1 is 1.50 bits per heavy atom. The van der Waals surface area contributed by atoms with E-state index in [1.165, 1.54) is 37.5 Å². The molecule has 1 rings (SSSR count). The van der Waals surface area contributed by atoms with Crippen LogP contribution in [0, 0.1) is 5.82 Å². The molecule has 0 amide bonds. The van der Waals surface area contributed by atoms with Gasteiger partial charge in [-0.15, -0.1) is 0 Å². The fraction of sp³-hybridized carbons (Fsp3) is 0.167. The van der Waals surface area contributed by atoms with E-state index < -0.39 is 11.8 Å². The van der Waals surface area contributed by atoms with Crippen LogP contribution in [0.4, 0.5) is 4.39 Å². The third-order valence-corrected chi connectivity index (χ3v) is 1.97. The lowest BCUT2D eigenvalue weighted by Gasteiger charge is -1.98. The molecular formula is C12H11FO3. The lowest BCUT2D eigenvalue weighted by molar-refractivity contribution is -0.139. The van der Waals surface area contributed by atoms with Gasteiger partial charge in [0.2, 0.25) is 0 Å². The average molecular weight is 222 g/mol. The molecule has 0 saturated heterocycles. The highest BCUT2D eigenvalue weighted by atomic mass is 19.1. The Morgan fingerprint density at radius 3 is 2.88 bits per heavy atom. The first-order valence-corrected chi connectivity index (χ1v) is 4.65. The maximum absolute atomic E-state index is 13.2. The monoisotopic (exact) mass is 222 g/mol. The van der Waals surface area contributed by atoms with Crippen molar-refractivity contribution in [3.63, 3.8) is 0 Å². The first-order valence-electron chi connectivity index (χ1n) is 4.65. The molecule has 0 heterocycles. The molecule has 0 spiro atoms. The van der Waals surface area contributed by atoms with E-state index in [0.717, 1.165) is 0 Å². The van der Waals surface area contributed by atoms with Crippen molar-refractivity contribution < 1.29 is 18.7 Å². The molecule has 0 aliphatic carbocycles. The number of benzene rings is 1. The summed E-state index contributed by atoms with van der Waals surface area (Å²) in [7, 11) is 1.28. The molecule has 84 valence electrons. The maximum Gasteiger partial charge on any atom is 0.309 e. The maximum atomic E-state index is 13.2. The topological polar surface area (TPSA) is 43.4 Å². The van der Waals surface area contributed by atoms with Crippen LogP contribution in [0.1, 0.15) is 22.3 Å². The van der Waals surface area contributed by atoms with Gasteiger partial charge in [-0.2, -0.15) is 0 Å². The van der Waals surface area contributed by atoms with Crippen LogP contribution in [0.15, 0.2) is 24.3 Å². The van der Waals surface area contributed by atoms with Crippen molar-refractivity contribution in [2.45, 2.75) is 6.42 Å². The summed E-state index contributed by atoms with van der Waals surface area (Å²) in [6.07, 6.45) is 3.64. The SMILES string of the molecule is COC(=O)CC=Cc1cc(C=O)ccc1F. The van der Waals surface area contributed by atoms with Crippen molar-refractivity contribution in [1.82, 2.24) is 0 Å².